The highest BCUT2D eigenvalue weighted by Gasteiger charge is 2.12. The van der Waals surface area contributed by atoms with Crippen molar-refractivity contribution >= 4 is 23.2 Å². The molecule has 3 N–H and O–H groups in total. The minimum Gasteiger partial charge on any atom is -0.478 e. The van der Waals surface area contributed by atoms with Crippen LogP contribution in [0.15, 0.2) is 36.5 Å². The number of hydrogen-bond acceptors (Lipinski definition) is 4. The maximum absolute atomic E-state index is 10.8. The molecule has 0 bridgehead atoms. The highest BCUT2D eigenvalue weighted by atomic mass is 16.4. The number of rotatable bonds is 3. The Hall–Kier alpha value is -2.56. The highest BCUT2D eigenvalue weighted by molar-refractivity contribution is 5.89. The summed E-state index contributed by atoms with van der Waals surface area (Å²) < 4.78 is 0. The number of anilines is 3. The molecule has 2 rings (SSSR count). The van der Waals surface area contributed by atoms with Crippen LogP contribution >= 0.6 is 0 Å². The van der Waals surface area contributed by atoms with E-state index in [0.717, 1.165) is 5.69 Å². The number of aromatic nitrogens is 1. The van der Waals surface area contributed by atoms with E-state index in [-0.39, 0.29) is 5.56 Å². The normalized spacial score (nSPS) is 10.2. The Morgan fingerprint density at radius 3 is 2.47 bits per heavy atom. The number of aromatic carboxylic acids is 1. The van der Waals surface area contributed by atoms with Crippen LogP contribution in [0.3, 0.4) is 0 Å². The van der Waals surface area contributed by atoms with Crippen LogP contribution < -0.4 is 10.6 Å². The summed E-state index contributed by atoms with van der Waals surface area (Å²) in [6, 6.07) is 9.32. The predicted octanol–water partition coefficient (Wildman–Crippen LogP) is 2.44. The molecule has 0 aliphatic rings. The number of carboxylic acids is 1. The summed E-state index contributed by atoms with van der Waals surface area (Å²) in [7, 11) is 1.84. The maximum Gasteiger partial charge on any atom is 0.337 e. The molecule has 0 spiro atoms. The molecule has 19 heavy (non-hydrogen) atoms. The van der Waals surface area contributed by atoms with Gasteiger partial charge in [-0.25, -0.2) is 9.78 Å². The zero-order chi connectivity index (χ0) is 14.0. The zero-order valence-corrected chi connectivity index (χ0v) is 10.8. The third-order valence-corrected chi connectivity index (χ3v) is 2.88. The molecule has 0 unspecified atom stereocenters. The van der Waals surface area contributed by atoms with Gasteiger partial charge in [0.15, 0.2) is 5.82 Å². The van der Waals surface area contributed by atoms with Crippen LogP contribution in [0.1, 0.15) is 15.9 Å². The van der Waals surface area contributed by atoms with Crippen molar-refractivity contribution in [2.75, 3.05) is 17.7 Å². The number of carboxylic acid groups (broad SMARTS) is 1. The standard InChI is InChI=1S/C14H15N3O2/c1-9-3-5-11(6-4-9)17(2)13-12(15)7-10(8-16-13)14(18)19/h3-8H,15H2,1-2H3,(H,18,19). The number of nitrogen functional groups attached to an aromatic ring is 1. The van der Waals surface area contributed by atoms with Crippen LogP contribution in [-0.2, 0) is 0 Å². The van der Waals surface area contributed by atoms with Crippen LogP contribution in [0.2, 0.25) is 0 Å². The largest absolute Gasteiger partial charge is 0.478 e. The Morgan fingerprint density at radius 1 is 1.32 bits per heavy atom. The lowest BCUT2D eigenvalue weighted by Crippen LogP contribution is -2.14. The van der Waals surface area contributed by atoms with Gasteiger partial charge in [0, 0.05) is 18.9 Å². The van der Waals surface area contributed by atoms with E-state index in [1.165, 1.54) is 17.8 Å². The number of hydrogen-bond donors (Lipinski definition) is 2. The van der Waals surface area contributed by atoms with Crippen molar-refractivity contribution in [1.82, 2.24) is 4.98 Å². The lowest BCUT2D eigenvalue weighted by atomic mass is 10.2. The van der Waals surface area contributed by atoms with Crippen molar-refractivity contribution in [2.45, 2.75) is 6.92 Å². The molecule has 0 radical (unpaired) electrons. The lowest BCUT2D eigenvalue weighted by Gasteiger charge is -2.20. The van der Waals surface area contributed by atoms with Gasteiger partial charge in [-0.15, -0.1) is 0 Å². The van der Waals surface area contributed by atoms with Gasteiger partial charge < -0.3 is 15.7 Å². The van der Waals surface area contributed by atoms with E-state index in [0.29, 0.717) is 11.5 Å². The van der Waals surface area contributed by atoms with E-state index in [9.17, 15) is 4.79 Å². The van der Waals surface area contributed by atoms with Gasteiger partial charge in [0.1, 0.15) is 0 Å². The van der Waals surface area contributed by atoms with Crippen LogP contribution in [0.4, 0.5) is 17.2 Å². The van der Waals surface area contributed by atoms with Crippen molar-refractivity contribution in [3.05, 3.63) is 47.7 Å². The lowest BCUT2D eigenvalue weighted by molar-refractivity contribution is 0.0696. The smallest absolute Gasteiger partial charge is 0.337 e. The third-order valence-electron chi connectivity index (χ3n) is 2.88. The van der Waals surface area contributed by atoms with Crippen molar-refractivity contribution in [3.8, 4) is 0 Å². The Labute approximate surface area is 111 Å². The van der Waals surface area contributed by atoms with E-state index >= 15 is 0 Å². The minimum absolute atomic E-state index is 0.0820. The molecule has 0 amide bonds. The first-order chi connectivity index (χ1) is 8.99. The second-order valence-corrected chi connectivity index (χ2v) is 4.34. The molecule has 0 fully saturated rings. The summed E-state index contributed by atoms with van der Waals surface area (Å²) in [6.07, 6.45) is 1.30. The first-order valence-electron chi connectivity index (χ1n) is 5.78. The second kappa shape index (κ2) is 4.97. The fourth-order valence-electron chi connectivity index (χ4n) is 1.76. The number of pyridine rings is 1. The Bertz CT molecular complexity index is 609. The van der Waals surface area contributed by atoms with Crippen molar-refractivity contribution in [1.29, 1.82) is 0 Å². The van der Waals surface area contributed by atoms with E-state index < -0.39 is 5.97 Å². The first-order valence-corrected chi connectivity index (χ1v) is 5.78. The molecule has 0 saturated carbocycles. The molecular formula is C14H15N3O2. The van der Waals surface area contributed by atoms with Crippen LogP contribution in [0.25, 0.3) is 0 Å². The average molecular weight is 257 g/mol. The van der Waals surface area contributed by atoms with E-state index in [4.69, 9.17) is 10.8 Å². The third kappa shape index (κ3) is 2.65. The molecule has 98 valence electrons. The molecule has 0 aliphatic carbocycles. The Kier molecular flexibility index (Phi) is 3.37. The van der Waals surface area contributed by atoms with Gasteiger partial charge in [0.2, 0.25) is 0 Å². The number of aryl methyl sites for hydroxylation is 1. The highest BCUT2D eigenvalue weighted by Crippen LogP contribution is 2.27. The van der Waals surface area contributed by atoms with Gasteiger partial charge >= 0.3 is 5.97 Å². The fraction of sp³-hybridized carbons (Fsp3) is 0.143. The van der Waals surface area contributed by atoms with Crippen LogP contribution in [0, 0.1) is 6.92 Å². The molecule has 1 aromatic heterocycles. The predicted molar refractivity (Wildman–Crippen MR) is 74.9 cm³/mol. The Balaban J connectivity index is 2.36. The summed E-state index contributed by atoms with van der Waals surface area (Å²) in [4.78, 5) is 16.8. The van der Waals surface area contributed by atoms with E-state index in [1.54, 1.807) is 0 Å². The first kappa shape index (κ1) is 12.9. The fourth-order valence-corrected chi connectivity index (χ4v) is 1.76. The quantitative estimate of drug-likeness (QED) is 0.882. The summed E-state index contributed by atoms with van der Waals surface area (Å²) in [5, 5.41) is 8.88. The summed E-state index contributed by atoms with van der Waals surface area (Å²) in [5.41, 5.74) is 8.38. The Morgan fingerprint density at radius 2 is 1.95 bits per heavy atom. The van der Waals surface area contributed by atoms with Gasteiger partial charge in [-0.1, -0.05) is 17.7 Å². The SMILES string of the molecule is Cc1ccc(N(C)c2ncc(C(=O)O)cc2N)cc1. The molecule has 0 aliphatic heterocycles. The summed E-state index contributed by atoms with van der Waals surface area (Å²) in [6.45, 7) is 2.01. The minimum atomic E-state index is -1.04. The van der Waals surface area contributed by atoms with Crippen LogP contribution in [-0.4, -0.2) is 23.1 Å². The molecule has 2 aromatic rings. The number of benzene rings is 1. The van der Waals surface area contributed by atoms with Crippen molar-refractivity contribution in [3.63, 3.8) is 0 Å². The molecule has 0 atom stereocenters. The summed E-state index contributed by atoms with van der Waals surface area (Å²) >= 11 is 0. The van der Waals surface area contributed by atoms with Gasteiger partial charge in [-0.3, -0.25) is 0 Å². The number of nitrogens with two attached hydrogens (primary N) is 1. The molecule has 1 heterocycles. The summed E-state index contributed by atoms with van der Waals surface area (Å²) in [5.74, 6) is -0.502. The average Bonchev–Trinajstić information content (AvgIpc) is 2.38. The number of carbonyl (C=O) groups is 1. The van der Waals surface area contributed by atoms with Gasteiger partial charge in [-0.2, -0.15) is 0 Å². The molecule has 0 saturated heterocycles. The van der Waals surface area contributed by atoms with Gasteiger partial charge in [0.05, 0.1) is 11.3 Å². The maximum atomic E-state index is 10.8. The van der Waals surface area contributed by atoms with Gasteiger partial charge in [-0.05, 0) is 25.1 Å². The monoisotopic (exact) mass is 257 g/mol. The number of nitrogens with zero attached hydrogens (tertiary/aromatic N) is 2. The molecule has 1 aromatic carbocycles. The van der Waals surface area contributed by atoms with E-state index in [2.05, 4.69) is 4.98 Å². The molecule has 5 nitrogen and oxygen atoms in total. The van der Waals surface area contributed by atoms with Gasteiger partial charge in [0.25, 0.3) is 0 Å². The van der Waals surface area contributed by atoms with Crippen LogP contribution in [0.5, 0.6) is 0 Å². The van der Waals surface area contributed by atoms with E-state index in [1.807, 2.05) is 43.1 Å². The zero-order valence-electron chi connectivity index (χ0n) is 10.8. The van der Waals surface area contributed by atoms with Crippen molar-refractivity contribution < 1.29 is 9.90 Å². The molecule has 5 heteroatoms. The molecular weight excluding hydrogens is 242 g/mol. The topological polar surface area (TPSA) is 79.5 Å². The second-order valence-electron chi connectivity index (χ2n) is 4.34. The van der Waals surface area contributed by atoms with Crippen molar-refractivity contribution in [2.24, 2.45) is 0 Å².